The lowest BCUT2D eigenvalue weighted by molar-refractivity contribution is 0.0912. The average Bonchev–Trinajstić information content (AvgIpc) is 3.30. The Hall–Kier alpha value is -2.64. The minimum Gasteiger partial charge on any atom is -0.451 e. The van der Waals surface area contributed by atoms with Crippen LogP contribution in [0.5, 0.6) is 0 Å². The van der Waals surface area contributed by atoms with Gasteiger partial charge in [-0.2, -0.15) is 0 Å². The first-order valence-electron chi connectivity index (χ1n) is 8.89. The number of benzene rings is 1. The molecule has 0 radical (unpaired) electrons. The fourth-order valence-corrected chi connectivity index (χ4v) is 4.80. The molecule has 4 aromatic rings. The number of aromatic nitrogens is 2. The predicted molar refractivity (Wildman–Crippen MR) is 113 cm³/mol. The summed E-state index contributed by atoms with van der Waals surface area (Å²) in [4.78, 5) is 21.8. The van der Waals surface area contributed by atoms with Gasteiger partial charge in [0.15, 0.2) is 5.76 Å². The molecule has 5 nitrogen and oxygen atoms in total. The van der Waals surface area contributed by atoms with Crippen LogP contribution in [0.2, 0.25) is 0 Å². The number of pyridine rings is 1. The Morgan fingerprint density at radius 2 is 2.07 bits per heavy atom. The molecule has 0 saturated heterocycles. The van der Waals surface area contributed by atoms with Crippen LogP contribution >= 0.6 is 23.1 Å². The molecule has 142 valence electrons. The molecule has 1 atom stereocenters. The van der Waals surface area contributed by atoms with E-state index in [0.717, 1.165) is 26.7 Å². The zero-order valence-corrected chi connectivity index (χ0v) is 17.1. The number of hydrogen-bond acceptors (Lipinski definition) is 6. The second-order valence-electron chi connectivity index (χ2n) is 6.40. The Morgan fingerprint density at radius 3 is 2.82 bits per heavy atom. The maximum Gasteiger partial charge on any atom is 0.287 e. The minimum atomic E-state index is -0.236. The molecule has 1 N–H and O–H groups in total. The maximum absolute atomic E-state index is 13.0. The minimum absolute atomic E-state index is 0.218. The molecule has 0 spiro atoms. The van der Waals surface area contributed by atoms with Crippen molar-refractivity contribution in [3.63, 3.8) is 0 Å². The molecule has 0 aliphatic rings. The Bertz CT molecular complexity index is 1110. The molecule has 0 bridgehead atoms. The third-order valence-corrected chi connectivity index (χ3v) is 6.49. The zero-order chi connectivity index (χ0) is 19.5. The number of para-hydroxylation sites is 1. The van der Waals surface area contributed by atoms with E-state index in [4.69, 9.17) is 4.42 Å². The second kappa shape index (κ2) is 8.16. The van der Waals surface area contributed by atoms with Crippen LogP contribution in [0, 0.1) is 6.92 Å². The predicted octanol–water partition coefficient (Wildman–Crippen LogP) is 5.38. The Labute approximate surface area is 171 Å². The summed E-state index contributed by atoms with van der Waals surface area (Å²) in [5, 5.41) is 5.98. The number of thiazole rings is 1. The molecule has 28 heavy (non-hydrogen) atoms. The van der Waals surface area contributed by atoms with Crippen LogP contribution in [0.1, 0.15) is 40.5 Å². The molecule has 1 amide bonds. The average molecular weight is 410 g/mol. The highest BCUT2D eigenvalue weighted by Gasteiger charge is 2.22. The number of nitrogens with zero attached hydrogens (tertiary/aromatic N) is 2. The van der Waals surface area contributed by atoms with Crippen LogP contribution in [0.15, 0.2) is 62.8 Å². The third kappa shape index (κ3) is 3.95. The number of rotatable bonds is 6. The number of amides is 1. The lowest BCUT2D eigenvalue weighted by Crippen LogP contribution is -2.27. The third-order valence-electron chi connectivity index (χ3n) is 4.32. The molecule has 4 rings (SSSR count). The van der Waals surface area contributed by atoms with Gasteiger partial charge in [-0.05, 0) is 32.0 Å². The maximum atomic E-state index is 13.0. The van der Waals surface area contributed by atoms with E-state index in [0.29, 0.717) is 17.1 Å². The lowest BCUT2D eigenvalue weighted by atomic mass is 10.1. The highest BCUT2D eigenvalue weighted by Crippen LogP contribution is 2.33. The first kappa shape index (κ1) is 18.7. The van der Waals surface area contributed by atoms with Gasteiger partial charge < -0.3 is 9.73 Å². The van der Waals surface area contributed by atoms with Gasteiger partial charge in [-0.1, -0.05) is 36.0 Å². The van der Waals surface area contributed by atoms with Crippen molar-refractivity contribution >= 4 is 40.0 Å². The van der Waals surface area contributed by atoms with Gasteiger partial charge in [-0.3, -0.25) is 9.78 Å². The molecule has 0 saturated carbocycles. The van der Waals surface area contributed by atoms with Gasteiger partial charge in [0.2, 0.25) is 0 Å². The summed E-state index contributed by atoms with van der Waals surface area (Å²) < 4.78 is 6.91. The van der Waals surface area contributed by atoms with Crippen LogP contribution < -0.4 is 5.32 Å². The van der Waals surface area contributed by atoms with Crippen molar-refractivity contribution < 1.29 is 9.21 Å². The van der Waals surface area contributed by atoms with Crippen molar-refractivity contribution in [1.82, 2.24) is 15.3 Å². The molecular weight excluding hydrogens is 390 g/mol. The van der Waals surface area contributed by atoms with Gasteiger partial charge in [0.25, 0.3) is 5.91 Å². The van der Waals surface area contributed by atoms with E-state index < -0.39 is 0 Å². The van der Waals surface area contributed by atoms with Crippen molar-refractivity contribution in [2.24, 2.45) is 0 Å². The van der Waals surface area contributed by atoms with E-state index in [1.807, 2.05) is 61.7 Å². The van der Waals surface area contributed by atoms with Gasteiger partial charge in [0.1, 0.15) is 9.92 Å². The van der Waals surface area contributed by atoms with Gasteiger partial charge >= 0.3 is 0 Å². The Balaban J connectivity index is 1.61. The van der Waals surface area contributed by atoms with Crippen molar-refractivity contribution in [1.29, 1.82) is 0 Å². The van der Waals surface area contributed by atoms with E-state index in [1.54, 1.807) is 29.3 Å². The molecule has 0 unspecified atom stereocenters. The summed E-state index contributed by atoms with van der Waals surface area (Å²) in [5.74, 6) is 0.732. The van der Waals surface area contributed by atoms with Crippen molar-refractivity contribution in [3.05, 3.63) is 76.8 Å². The van der Waals surface area contributed by atoms with Gasteiger partial charge in [0.05, 0.1) is 11.7 Å². The summed E-state index contributed by atoms with van der Waals surface area (Å²) in [6.07, 6.45) is 1.72. The van der Waals surface area contributed by atoms with E-state index in [9.17, 15) is 4.79 Å². The van der Waals surface area contributed by atoms with E-state index >= 15 is 0 Å². The molecule has 1 aromatic carbocycles. The number of aryl methyl sites for hydroxylation is 1. The number of furan rings is 1. The number of hydrogen-bond donors (Lipinski definition) is 1. The normalized spacial score (nSPS) is 12.2. The van der Waals surface area contributed by atoms with Crippen LogP contribution in [0.3, 0.4) is 0 Å². The molecule has 7 heteroatoms. The monoisotopic (exact) mass is 409 g/mol. The highest BCUT2D eigenvalue weighted by atomic mass is 32.2. The van der Waals surface area contributed by atoms with Crippen molar-refractivity contribution in [2.75, 3.05) is 0 Å². The van der Waals surface area contributed by atoms with Gasteiger partial charge in [0, 0.05) is 34.0 Å². The molecule has 3 aromatic heterocycles. The molecule has 0 aliphatic carbocycles. The number of thioether (sulfide) groups is 1. The molecular formula is C21H19N3O2S2. The summed E-state index contributed by atoms with van der Waals surface area (Å²) in [6.45, 7) is 3.89. The number of fused-ring (bicyclic) bond motifs is 1. The quantitative estimate of drug-likeness (QED) is 0.433. The van der Waals surface area contributed by atoms with E-state index in [1.165, 1.54) is 0 Å². The summed E-state index contributed by atoms with van der Waals surface area (Å²) >= 11 is 3.23. The molecule has 3 heterocycles. The van der Waals surface area contributed by atoms with Crippen molar-refractivity contribution in [2.45, 2.75) is 30.0 Å². The van der Waals surface area contributed by atoms with Gasteiger partial charge in [-0.15, -0.1) is 11.3 Å². The first-order valence-corrected chi connectivity index (χ1v) is 10.8. The van der Waals surface area contributed by atoms with Crippen LogP contribution in [0.4, 0.5) is 0 Å². The Morgan fingerprint density at radius 1 is 1.25 bits per heavy atom. The molecule has 0 aliphatic heterocycles. The van der Waals surface area contributed by atoms with Crippen LogP contribution in [0.25, 0.3) is 11.0 Å². The largest absolute Gasteiger partial charge is 0.451 e. The van der Waals surface area contributed by atoms with Crippen LogP contribution in [-0.4, -0.2) is 15.9 Å². The number of carbonyl (C=O) groups excluding carboxylic acids is 1. The lowest BCUT2D eigenvalue weighted by Gasteiger charge is -2.12. The summed E-state index contributed by atoms with van der Waals surface area (Å²) in [7, 11) is 0. The topological polar surface area (TPSA) is 68.0 Å². The summed E-state index contributed by atoms with van der Waals surface area (Å²) in [6, 6.07) is 13.2. The molecule has 0 fully saturated rings. The first-order chi connectivity index (χ1) is 13.6. The van der Waals surface area contributed by atoms with E-state index in [2.05, 4.69) is 15.3 Å². The summed E-state index contributed by atoms with van der Waals surface area (Å²) in [5.41, 5.74) is 3.41. The zero-order valence-electron chi connectivity index (χ0n) is 15.5. The Kier molecular flexibility index (Phi) is 5.45. The van der Waals surface area contributed by atoms with E-state index in [-0.39, 0.29) is 11.9 Å². The fraction of sp³-hybridized carbons (Fsp3) is 0.190. The van der Waals surface area contributed by atoms with Gasteiger partial charge in [-0.25, -0.2) is 4.98 Å². The smallest absolute Gasteiger partial charge is 0.287 e. The highest BCUT2D eigenvalue weighted by molar-refractivity contribution is 8.00. The second-order valence-corrected chi connectivity index (χ2v) is 8.48. The fourth-order valence-electron chi connectivity index (χ4n) is 2.93. The number of nitrogens with one attached hydrogen (secondary N) is 1. The standard InChI is InChI=1S/C21H19N3O2S2/c1-13-11-27-21(23-13)28-12-16-15-7-3-4-9-18(15)26-19(16)20(25)24-14(2)17-8-5-6-10-22-17/h3-11,14H,12H2,1-2H3,(H,24,25)/t14-/m0/s1. The SMILES string of the molecule is Cc1csc(SCc2c(C(=O)N[C@@H](C)c3ccccn3)oc3ccccc23)n1. The van der Waals surface area contributed by atoms with Crippen molar-refractivity contribution in [3.8, 4) is 0 Å². The van der Waals surface area contributed by atoms with Crippen LogP contribution in [-0.2, 0) is 5.75 Å². The number of carbonyl (C=O) groups is 1.